The van der Waals surface area contributed by atoms with Gasteiger partial charge in [-0.2, -0.15) is 0 Å². The van der Waals surface area contributed by atoms with Crippen molar-refractivity contribution in [1.29, 1.82) is 0 Å². The molecule has 110 valence electrons. The van der Waals surface area contributed by atoms with E-state index in [2.05, 4.69) is 10.6 Å². The maximum Gasteiger partial charge on any atom is 0.223 e. The number of nitrogens with one attached hydrogen (secondary N) is 2. The van der Waals surface area contributed by atoms with Crippen molar-refractivity contribution in [3.8, 4) is 0 Å². The molecule has 1 saturated carbocycles. The molecule has 2 rings (SSSR count). The van der Waals surface area contributed by atoms with E-state index in [1.54, 1.807) is 12.1 Å². The Bertz CT molecular complexity index is 609. The predicted molar refractivity (Wildman–Crippen MR) is 78.2 cm³/mol. The molecule has 1 aromatic rings. The van der Waals surface area contributed by atoms with Crippen molar-refractivity contribution in [2.45, 2.75) is 17.7 Å². The number of para-hydroxylation sites is 1. The minimum atomic E-state index is -3.34. The van der Waals surface area contributed by atoms with Crippen molar-refractivity contribution in [1.82, 2.24) is 5.32 Å². The molecule has 1 aliphatic rings. The van der Waals surface area contributed by atoms with E-state index in [1.165, 1.54) is 6.07 Å². The van der Waals surface area contributed by atoms with Crippen molar-refractivity contribution in [2.75, 3.05) is 30.4 Å². The third-order valence-electron chi connectivity index (χ3n) is 3.15. The van der Waals surface area contributed by atoms with Crippen LogP contribution in [0.2, 0.25) is 0 Å². The highest BCUT2D eigenvalue weighted by Crippen LogP contribution is 2.28. The van der Waals surface area contributed by atoms with Crippen molar-refractivity contribution in [3.05, 3.63) is 18.2 Å². The zero-order chi connectivity index (χ0) is 14.8. The predicted octanol–water partition coefficient (Wildman–Crippen LogP) is 0.610. The summed E-state index contributed by atoms with van der Waals surface area (Å²) in [4.78, 5) is 11.5. The molecule has 0 aromatic heterocycles. The third kappa shape index (κ3) is 3.63. The lowest BCUT2D eigenvalue weighted by molar-refractivity contribution is -0.122. The lowest BCUT2D eigenvalue weighted by Crippen LogP contribution is -2.29. The molecular weight excluding hydrogens is 278 g/mol. The van der Waals surface area contributed by atoms with Gasteiger partial charge in [-0.25, -0.2) is 8.42 Å². The summed E-state index contributed by atoms with van der Waals surface area (Å²) in [5.74, 6) is 0.276. The normalized spacial score (nSPS) is 14.8. The maximum atomic E-state index is 11.5. The quantitative estimate of drug-likeness (QED) is 0.527. The molecule has 6 nitrogen and oxygen atoms in total. The van der Waals surface area contributed by atoms with E-state index in [0.29, 0.717) is 18.8 Å². The Morgan fingerprint density at radius 3 is 2.65 bits per heavy atom. The van der Waals surface area contributed by atoms with Gasteiger partial charge >= 0.3 is 0 Å². The van der Waals surface area contributed by atoms with E-state index in [9.17, 15) is 13.2 Å². The summed E-state index contributed by atoms with van der Waals surface area (Å²) in [5.41, 5.74) is 6.62. The molecule has 0 aliphatic heterocycles. The number of sulfone groups is 1. The van der Waals surface area contributed by atoms with Crippen LogP contribution >= 0.6 is 0 Å². The summed E-state index contributed by atoms with van der Waals surface area (Å²) in [6.45, 7) is 0.980. The zero-order valence-electron chi connectivity index (χ0n) is 11.3. The number of hydrogen-bond donors (Lipinski definition) is 3. The van der Waals surface area contributed by atoms with Gasteiger partial charge in [0.25, 0.3) is 0 Å². The number of carbonyl (C=O) groups excluding carboxylic acids is 1. The first-order valence-corrected chi connectivity index (χ1v) is 8.39. The van der Waals surface area contributed by atoms with Gasteiger partial charge in [0.05, 0.1) is 16.3 Å². The highest BCUT2D eigenvalue weighted by molar-refractivity contribution is 7.90. The number of nitrogens with two attached hydrogens (primary N) is 1. The van der Waals surface area contributed by atoms with Crippen LogP contribution in [-0.2, 0) is 14.6 Å². The van der Waals surface area contributed by atoms with Crippen molar-refractivity contribution in [3.63, 3.8) is 0 Å². The van der Waals surface area contributed by atoms with Crippen LogP contribution < -0.4 is 16.4 Å². The first-order valence-electron chi connectivity index (χ1n) is 6.49. The molecule has 1 aromatic carbocycles. The topological polar surface area (TPSA) is 101 Å². The fraction of sp³-hybridized carbons (Fsp3) is 0.462. The van der Waals surface area contributed by atoms with Gasteiger partial charge in [0, 0.05) is 25.3 Å². The van der Waals surface area contributed by atoms with Crippen LogP contribution in [0.25, 0.3) is 0 Å². The van der Waals surface area contributed by atoms with E-state index in [0.717, 1.165) is 19.1 Å². The second-order valence-electron chi connectivity index (χ2n) is 4.98. The maximum absolute atomic E-state index is 11.5. The Hall–Kier alpha value is -1.76. The Balaban J connectivity index is 1.91. The van der Waals surface area contributed by atoms with Crippen LogP contribution in [0.15, 0.2) is 23.1 Å². The van der Waals surface area contributed by atoms with Gasteiger partial charge in [0.1, 0.15) is 0 Å². The number of hydrogen-bond acceptors (Lipinski definition) is 5. The van der Waals surface area contributed by atoms with Gasteiger partial charge in [0.2, 0.25) is 5.91 Å². The van der Waals surface area contributed by atoms with Crippen LogP contribution in [0.3, 0.4) is 0 Å². The van der Waals surface area contributed by atoms with E-state index < -0.39 is 9.84 Å². The molecule has 20 heavy (non-hydrogen) atoms. The third-order valence-corrected chi connectivity index (χ3v) is 4.31. The number of benzene rings is 1. The Kier molecular flexibility index (Phi) is 4.17. The number of nitrogen functional groups attached to an aromatic ring is 1. The van der Waals surface area contributed by atoms with Crippen LogP contribution in [0, 0.1) is 5.92 Å². The molecule has 1 fully saturated rings. The lowest BCUT2D eigenvalue weighted by atomic mass is 10.2. The van der Waals surface area contributed by atoms with Gasteiger partial charge in [-0.15, -0.1) is 0 Å². The summed E-state index contributed by atoms with van der Waals surface area (Å²) in [6, 6.07) is 4.83. The average molecular weight is 297 g/mol. The molecule has 0 unspecified atom stereocenters. The number of amides is 1. The Morgan fingerprint density at radius 2 is 2.05 bits per heavy atom. The van der Waals surface area contributed by atoms with E-state index in [-0.39, 0.29) is 22.4 Å². The van der Waals surface area contributed by atoms with Crippen LogP contribution in [0.1, 0.15) is 12.8 Å². The number of carbonyl (C=O) groups is 1. The van der Waals surface area contributed by atoms with Crippen LogP contribution in [-0.4, -0.2) is 33.7 Å². The first-order chi connectivity index (χ1) is 9.39. The summed E-state index contributed by atoms with van der Waals surface area (Å²) in [5, 5.41) is 5.85. The first kappa shape index (κ1) is 14.6. The van der Waals surface area contributed by atoms with Crippen molar-refractivity contribution >= 4 is 27.1 Å². The monoisotopic (exact) mass is 297 g/mol. The SMILES string of the molecule is CS(=O)(=O)c1cccc(NCCNC(=O)C2CC2)c1N. The second kappa shape index (κ2) is 5.70. The molecule has 4 N–H and O–H groups in total. The molecule has 0 spiro atoms. The fourth-order valence-electron chi connectivity index (χ4n) is 1.89. The van der Waals surface area contributed by atoms with Crippen molar-refractivity contribution < 1.29 is 13.2 Å². The molecule has 7 heteroatoms. The van der Waals surface area contributed by atoms with Gasteiger partial charge in [-0.1, -0.05) is 6.07 Å². The zero-order valence-corrected chi connectivity index (χ0v) is 12.2. The number of rotatable bonds is 6. The van der Waals surface area contributed by atoms with E-state index >= 15 is 0 Å². The Morgan fingerprint density at radius 1 is 1.35 bits per heavy atom. The largest absolute Gasteiger partial charge is 0.396 e. The fourth-order valence-corrected chi connectivity index (χ4v) is 2.73. The minimum Gasteiger partial charge on any atom is -0.396 e. The van der Waals surface area contributed by atoms with E-state index in [1.807, 2.05) is 0 Å². The van der Waals surface area contributed by atoms with Crippen LogP contribution in [0.4, 0.5) is 11.4 Å². The van der Waals surface area contributed by atoms with E-state index in [4.69, 9.17) is 5.73 Å². The van der Waals surface area contributed by atoms with Gasteiger partial charge in [-0.3, -0.25) is 4.79 Å². The van der Waals surface area contributed by atoms with Gasteiger partial charge in [-0.05, 0) is 25.0 Å². The summed E-state index contributed by atoms with van der Waals surface area (Å²) < 4.78 is 23.1. The average Bonchev–Trinajstić information content (AvgIpc) is 3.18. The highest BCUT2D eigenvalue weighted by atomic mass is 32.2. The lowest BCUT2D eigenvalue weighted by Gasteiger charge is -2.12. The number of anilines is 2. The minimum absolute atomic E-state index is 0.0876. The molecule has 0 atom stereocenters. The standard InChI is InChI=1S/C13H19N3O3S/c1-20(18,19)11-4-2-3-10(12(11)14)15-7-8-16-13(17)9-5-6-9/h2-4,9,15H,5-8,14H2,1H3,(H,16,17). The second-order valence-corrected chi connectivity index (χ2v) is 6.97. The highest BCUT2D eigenvalue weighted by Gasteiger charge is 2.28. The van der Waals surface area contributed by atoms with Gasteiger partial charge < -0.3 is 16.4 Å². The molecule has 0 bridgehead atoms. The summed E-state index contributed by atoms with van der Waals surface area (Å²) in [7, 11) is -3.34. The summed E-state index contributed by atoms with van der Waals surface area (Å²) in [6.07, 6.45) is 3.07. The Labute approximate surface area is 118 Å². The molecule has 0 heterocycles. The molecule has 1 amide bonds. The molecule has 1 aliphatic carbocycles. The van der Waals surface area contributed by atoms with Crippen LogP contribution in [0.5, 0.6) is 0 Å². The van der Waals surface area contributed by atoms with Crippen molar-refractivity contribution in [2.24, 2.45) is 5.92 Å². The van der Waals surface area contributed by atoms with Gasteiger partial charge in [0.15, 0.2) is 9.84 Å². The molecular formula is C13H19N3O3S. The molecule has 0 radical (unpaired) electrons. The molecule has 0 saturated heterocycles. The summed E-state index contributed by atoms with van der Waals surface area (Å²) >= 11 is 0. The smallest absolute Gasteiger partial charge is 0.223 e.